The summed E-state index contributed by atoms with van der Waals surface area (Å²) in [5.74, 6) is 1.58. The van der Waals surface area contributed by atoms with Gasteiger partial charge >= 0.3 is 0 Å². The standard InChI is InChI=1S/C12H19BrN4/c1-3-7-14-11-15-8-9(13)10(16-11)17-12(2)5-4-6-12/h8H,3-7H2,1-2H3,(H2,14,15,16,17). The maximum Gasteiger partial charge on any atom is 0.224 e. The Bertz CT molecular complexity index is 390. The molecule has 2 N–H and O–H groups in total. The fourth-order valence-electron chi connectivity index (χ4n) is 1.89. The number of anilines is 2. The lowest BCUT2D eigenvalue weighted by molar-refractivity contribution is 0.305. The van der Waals surface area contributed by atoms with Crippen molar-refractivity contribution in [3.63, 3.8) is 0 Å². The molecule has 0 bridgehead atoms. The molecule has 1 aromatic rings. The van der Waals surface area contributed by atoms with Gasteiger partial charge in [0.1, 0.15) is 5.82 Å². The third-order valence-corrected chi connectivity index (χ3v) is 3.73. The SMILES string of the molecule is CCCNc1ncc(Br)c(NC2(C)CCC2)n1. The van der Waals surface area contributed by atoms with Gasteiger partial charge in [0.05, 0.1) is 4.47 Å². The largest absolute Gasteiger partial charge is 0.364 e. The summed E-state index contributed by atoms with van der Waals surface area (Å²) < 4.78 is 0.924. The van der Waals surface area contributed by atoms with E-state index in [1.165, 1.54) is 19.3 Å². The average Bonchev–Trinajstić information content (AvgIpc) is 2.28. The van der Waals surface area contributed by atoms with E-state index in [0.29, 0.717) is 5.95 Å². The van der Waals surface area contributed by atoms with Gasteiger partial charge in [0.15, 0.2) is 0 Å². The van der Waals surface area contributed by atoms with Crippen LogP contribution >= 0.6 is 15.9 Å². The second-order valence-electron chi connectivity index (χ2n) is 4.86. The average molecular weight is 299 g/mol. The molecule has 0 aliphatic heterocycles. The first kappa shape index (κ1) is 12.6. The third-order valence-electron chi connectivity index (χ3n) is 3.15. The molecule has 4 nitrogen and oxygen atoms in total. The first-order chi connectivity index (χ1) is 8.13. The maximum absolute atomic E-state index is 4.50. The van der Waals surface area contributed by atoms with Gasteiger partial charge < -0.3 is 10.6 Å². The molecule has 1 saturated carbocycles. The Labute approximate surface area is 111 Å². The predicted octanol–water partition coefficient (Wildman–Crippen LogP) is 3.42. The van der Waals surface area contributed by atoms with Crippen molar-refractivity contribution in [1.82, 2.24) is 9.97 Å². The molecule has 0 spiro atoms. The van der Waals surface area contributed by atoms with Crippen LogP contribution in [0.3, 0.4) is 0 Å². The van der Waals surface area contributed by atoms with Crippen LogP contribution in [0.2, 0.25) is 0 Å². The maximum atomic E-state index is 4.50. The van der Waals surface area contributed by atoms with Crippen LogP contribution in [0.15, 0.2) is 10.7 Å². The first-order valence-electron chi connectivity index (χ1n) is 6.17. The summed E-state index contributed by atoms with van der Waals surface area (Å²) >= 11 is 3.49. The molecule has 5 heteroatoms. The van der Waals surface area contributed by atoms with Gasteiger partial charge in [-0.3, -0.25) is 0 Å². The summed E-state index contributed by atoms with van der Waals surface area (Å²) in [5.41, 5.74) is 0.207. The van der Waals surface area contributed by atoms with Gasteiger partial charge in [0.2, 0.25) is 5.95 Å². The molecule has 1 aliphatic rings. The minimum absolute atomic E-state index is 0.207. The summed E-state index contributed by atoms with van der Waals surface area (Å²) in [6.07, 6.45) is 6.59. The molecule has 0 radical (unpaired) electrons. The van der Waals surface area contributed by atoms with Gasteiger partial charge in [-0.05, 0) is 48.5 Å². The molecule has 1 heterocycles. The highest BCUT2D eigenvalue weighted by molar-refractivity contribution is 9.10. The molecule has 0 atom stereocenters. The second-order valence-corrected chi connectivity index (χ2v) is 5.71. The molecule has 1 fully saturated rings. The van der Waals surface area contributed by atoms with Crippen molar-refractivity contribution in [2.75, 3.05) is 17.2 Å². The lowest BCUT2D eigenvalue weighted by Crippen LogP contribution is -2.42. The minimum atomic E-state index is 0.207. The number of aromatic nitrogens is 2. The molecular weight excluding hydrogens is 280 g/mol. The highest BCUT2D eigenvalue weighted by Gasteiger charge is 2.32. The summed E-state index contributed by atoms with van der Waals surface area (Å²) in [6.45, 7) is 5.27. The molecule has 94 valence electrons. The quantitative estimate of drug-likeness (QED) is 0.874. The molecule has 1 aromatic heterocycles. The summed E-state index contributed by atoms with van der Waals surface area (Å²) in [6, 6.07) is 0. The summed E-state index contributed by atoms with van der Waals surface area (Å²) in [5, 5.41) is 6.70. The van der Waals surface area contributed by atoms with Crippen molar-refractivity contribution >= 4 is 27.7 Å². The van der Waals surface area contributed by atoms with Gasteiger partial charge in [0, 0.05) is 18.3 Å². The zero-order chi connectivity index (χ0) is 12.3. The van der Waals surface area contributed by atoms with Gasteiger partial charge in [0.25, 0.3) is 0 Å². The third kappa shape index (κ3) is 3.09. The first-order valence-corrected chi connectivity index (χ1v) is 6.97. The Morgan fingerprint density at radius 1 is 1.47 bits per heavy atom. The van der Waals surface area contributed by atoms with Crippen LogP contribution in [0.1, 0.15) is 39.5 Å². The summed E-state index contributed by atoms with van der Waals surface area (Å²) in [7, 11) is 0. The van der Waals surface area contributed by atoms with Crippen LogP contribution in [0.4, 0.5) is 11.8 Å². The van der Waals surface area contributed by atoms with E-state index in [9.17, 15) is 0 Å². The van der Waals surface area contributed by atoms with Crippen molar-refractivity contribution in [3.8, 4) is 0 Å². The van der Waals surface area contributed by atoms with E-state index in [0.717, 1.165) is 23.3 Å². The number of nitrogens with one attached hydrogen (secondary N) is 2. The van der Waals surface area contributed by atoms with Crippen LogP contribution in [0.25, 0.3) is 0 Å². The molecule has 0 aromatic carbocycles. The molecule has 17 heavy (non-hydrogen) atoms. The second kappa shape index (κ2) is 5.21. The van der Waals surface area contributed by atoms with Gasteiger partial charge in [-0.1, -0.05) is 6.92 Å². The lowest BCUT2D eigenvalue weighted by Gasteiger charge is -2.39. The van der Waals surface area contributed by atoms with Gasteiger partial charge in [-0.15, -0.1) is 0 Å². The Morgan fingerprint density at radius 2 is 2.24 bits per heavy atom. The highest BCUT2D eigenvalue weighted by Crippen LogP contribution is 2.36. The highest BCUT2D eigenvalue weighted by atomic mass is 79.9. The smallest absolute Gasteiger partial charge is 0.224 e. The van der Waals surface area contributed by atoms with Gasteiger partial charge in [-0.25, -0.2) is 4.98 Å². The van der Waals surface area contributed by atoms with E-state index in [2.05, 4.69) is 50.4 Å². The van der Waals surface area contributed by atoms with Crippen molar-refractivity contribution in [2.24, 2.45) is 0 Å². The van der Waals surface area contributed by atoms with E-state index < -0.39 is 0 Å². The van der Waals surface area contributed by atoms with E-state index >= 15 is 0 Å². The fraction of sp³-hybridized carbons (Fsp3) is 0.667. The fourth-order valence-corrected chi connectivity index (χ4v) is 2.18. The topological polar surface area (TPSA) is 49.8 Å². The van der Waals surface area contributed by atoms with Crippen LogP contribution in [-0.4, -0.2) is 22.1 Å². The van der Waals surface area contributed by atoms with E-state index in [-0.39, 0.29) is 5.54 Å². The number of halogens is 1. The Hall–Kier alpha value is -0.840. The number of hydrogen-bond acceptors (Lipinski definition) is 4. The minimum Gasteiger partial charge on any atom is -0.364 e. The van der Waals surface area contributed by atoms with Crippen LogP contribution < -0.4 is 10.6 Å². The van der Waals surface area contributed by atoms with Crippen molar-refractivity contribution in [1.29, 1.82) is 0 Å². The molecule has 2 rings (SSSR count). The number of rotatable bonds is 5. The normalized spacial score (nSPS) is 17.4. The van der Waals surface area contributed by atoms with Crippen LogP contribution in [0, 0.1) is 0 Å². The van der Waals surface area contributed by atoms with Crippen molar-refractivity contribution in [2.45, 2.75) is 45.1 Å². The monoisotopic (exact) mass is 298 g/mol. The van der Waals surface area contributed by atoms with Gasteiger partial charge in [-0.2, -0.15) is 4.98 Å². The summed E-state index contributed by atoms with van der Waals surface area (Å²) in [4.78, 5) is 8.74. The predicted molar refractivity (Wildman–Crippen MR) is 74.4 cm³/mol. The molecule has 0 unspecified atom stereocenters. The Balaban J connectivity index is 2.08. The van der Waals surface area contributed by atoms with Crippen molar-refractivity contribution in [3.05, 3.63) is 10.7 Å². The lowest BCUT2D eigenvalue weighted by atomic mass is 9.78. The molecule has 1 aliphatic carbocycles. The Morgan fingerprint density at radius 3 is 2.82 bits per heavy atom. The molecule has 0 saturated heterocycles. The van der Waals surface area contributed by atoms with E-state index in [1.807, 2.05) is 0 Å². The molecular formula is C12H19BrN4. The van der Waals surface area contributed by atoms with Crippen molar-refractivity contribution < 1.29 is 0 Å². The zero-order valence-electron chi connectivity index (χ0n) is 10.4. The van der Waals surface area contributed by atoms with Crippen LogP contribution in [0.5, 0.6) is 0 Å². The zero-order valence-corrected chi connectivity index (χ0v) is 12.0. The number of hydrogen-bond donors (Lipinski definition) is 2. The van der Waals surface area contributed by atoms with E-state index in [4.69, 9.17) is 0 Å². The molecule has 0 amide bonds. The van der Waals surface area contributed by atoms with E-state index in [1.54, 1.807) is 6.20 Å². The number of nitrogens with zero attached hydrogens (tertiary/aromatic N) is 2. The van der Waals surface area contributed by atoms with Crippen LogP contribution in [-0.2, 0) is 0 Å². The Kier molecular flexibility index (Phi) is 3.86.